The number of carbonyl (C=O) groups is 1. The summed E-state index contributed by atoms with van der Waals surface area (Å²) in [5, 5.41) is 4.39. The molecule has 0 aliphatic rings. The summed E-state index contributed by atoms with van der Waals surface area (Å²) in [5.74, 6) is 0.0148. The zero-order valence-electron chi connectivity index (χ0n) is 9.09. The maximum Gasteiger partial charge on any atom is 0.230 e. The summed E-state index contributed by atoms with van der Waals surface area (Å²) in [5.41, 5.74) is 2.32. The number of rotatable bonds is 4. The second-order valence-electron chi connectivity index (χ2n) is 3.70. The summed E-state index contributed by atoms with van der Waals surface area (Å²) in [6, 6.07) is 8.14. The zero-order chi connectivity index (χ0) is 12.3. The molecule has 0 atom stereocenters. The van der Waals surface area contributed by atoms with Gasteiger partial charge in [0.05, 0.1) is 9.93 Å². The van der Waals surface area contributed by atoms with Crippen molar-refractivity contribution in [3.05, 3.63) is 34.4 Å². The summed E-state index contributed by atoms with van der Waals surface area (Å²) < 4.78 is 0.992. The van der Waals surface area contributed by atoms with Crippen molar-refractivity contribution in [2.45, 2.75) is 6.42 Å². The average molecular weight is 360 g/mol. The van der Waals surface area contributed by atoms with Crippen LogP contribution < -0.4 is 5.32 Å². The number of H-pyrrole nitrogens is 1. The standard InChI is InChI=1S/C12H12Br2N2O/c13-7-11(17)15-6-5-9-8-3-1-2-4-10(8)16-12(9)14/h1-4,16H,5-7H2,(H,15,17). The minimum atomic E-state index is 0.0148. The predicted molar refractivity (Wildman–Crippen MR) is 76.5 cm³/mol. The number of aromatic amines is 1. The molecule has 90 valence electrons. The Morgan fingerprint density at radius 2 is 2.12 bits per heavy atom. The van der Waals surface area contributed by atoms with E-state index in [0.29, 0.717) is 11.9 Å². The number of aromatic nitrogens is 1. The monoisotopic (exact) mass is 358 g/mol. The van der Waals surface area contributed by atoms with Gasteiger partial charge < -0.3 is 10.3 Å². The number of benzene rings is 1. The number of amides is 1. The molecule has 0 spiro atoms. The van der Waals surface area contributed by atoms with Crippen LogP contribution in [0.1, 0.15) is 5.56 Å². The zero-order valence-corrected chi connectivity index (χ0v) is 12.3. The highest BCUT2D eigenvalue weighted by Gasteiger charge is 2.08. The van der Waals surface area contributed by atoms with Crippen molar-refractivity contribution in [3.63, 3.8) is 0 Å². The maximum atomic E-state index is 11.1. The smallest absolute Gasteiger partial charge is 0.230 e. The van der Waals surface area contributed by atoms with Crippen LogP contribution in [0.5, 0.6) is 0 Å². The molecule has 0 aliphatic carbocycles. The van der Waals surface area contributed by atoms with Gasteiger partial charge in [-0.05, 0) is 34.0 Å². The van der Waals surface area contributed by atoms with Crippen molar-refractivity contribution >= 4 is 48.7 Å². The lowest BCUT2D eigenvalue weighted by atomic mass is 10.1. The van der Waals surface area contributed by atoms with E-state index >= 15 is 0 Å². The van der Waals surface area contributed by atoms with E-state index < -0.39 is 0 Å². The van der Waals surface area contributed by atoms with Crippen molar-refractivity contribution in [1.82, 2.24) is 10.3 Å². The molecule has 17 heavy (non-hydrogen) atoms. The number of para-hydroxylation sites is 1. The molecule has 0 saturated carbocycles. The predicted octanol–water partition coefficient (Wildman–Crippen LogP) is 2.98. The third-order valence-corrected chi connectivity index (χ3v) is 3.77. The van der Waals surface area contributed by atoms with E-state index in [1.165, 1.54) is 10.9 Å². The lowest BCUT2D eigenvalue weighted by Crippen LogP contribution is -2.26. The van der Waals surface area contributed by atoms with Crippen molar-refractivity contribution in [2.24, 2.45) is 0 Å². The van der Waals surface area contributed by atoms with Gasteiger partial charge in [0.1, 0.15) is 0 Å². The Morgan fingerprint density at radius 3 is 2.88 bits per heavy atom. The number of halogens is 2. The van der Waals surface area contributed by atoms with Crippen LogP contribution in [0.2, 0.25) is 0 Å². The van der Waals surface area contributed by atoms with Crippen LogP contribution in [-0.2, 0) is 11.2 Å². The van der Waals surface area contributed by atoms with Crippen LogP contribution in [-0.4, -0.2) is 22.8 Å². The van der Waals surface area contributed by atoms with Crippen LogP contribution in [0.15, 0.2) is 28.9 Å². The van der Waals surface area contributed by atoms with Gasteiger partial charge in [-0.25, -0.2) is 0 Å². The molecule has 1 aromatic carbocycles. The maximum absolute atomic E-state index is 11.1. The second-order valence-corrected chi connectivity index (χ2v) is 5.05. The van der Waals surface area contributed by atoms with Crippen LogP contribution in [0, 0.1) is 0 Å². The van der Waals surface area contributed by atoms with Crippen molar-refractivity contribution in [3.8, 4) is 0 Å². The molecular formula is C12H12Br2N2O. The lowest BCUT2D eigenvalue weighted by Gasteiger charge is -2.03. The Balaban J connectivity index is 2.12. The van der Waals surface area contributed by atoms with Gasteiger partial charge in [-0.3, -0.25) is 4.79 Å². The van der Waals surface area contributed by atoms with Crippen LogP contribution in [0.4, 0.5) is 0 Å². The van der Waals surface area contributed by atoms with Gasteiger partial charge in [0, 0.05) is 17.4 Å². The van der Waals surface area contributed by atoms with E-state index in [0.717, 1.165) is 16.5 Å². The molecule has 2 N–H and O–H groups in total. The fraction of sp³-hybridized carbons (Fsp3) is 0.250. The Morgan fingerprint density at radius 1 is 1.35 bits per heavy atom. The first kappa shape index (κ1) is 12.6. The number of hydrogen-bond donors (Lipinski definition) is 2. The number of alkyl halides is 1. The molecule has 0 saturated heterocycles. The number of nitrogens with one attached hydrogen (secondary N) is 2. The Hall–Kier alpha value is -0.810. The van der Waals surface area contributed by atoms with Gasteiger partial charge in [-0.2, -0.15) is 0 Å². The summed E-state index contributed by atoms with van der Waals surface area (Å²) in [6.45, 7) is 0.644. The van der Waals surface area contributed by atoms with Crippen LogP contribution >= 0.6 is 31.9 Å². The SMILES string of the molecule is O=C(CBr)NCCc1c(Br)[nH]c2ccccc12. The fourth-order valence-electron chi connectivity index (χ4n) is 1.79. The van der Waals surface area contributed by atoms with Gasteiger partial charge in [0.2, 0.25) is 5.91 Å². The topological polar surface area (TPSA) is 44.9 Å². The molecule has 2 aromatic rings. The third kappa shape index (κ3) is 2.90. The lowest BCUT2D eigenvalue weighted by molar-refractivity contribution is -0.118. The van der Waals surface area contributed by atoms with E-state index in [1.807, 2.05) is 18.2 Å². The molecule has 5 heteroatoms. The Kier molecular flexibility index (Phi) is 4.23. The summed E-state index contributed by atoms with van der Waals surface area (Å²) in [4.78, 5) is 14.4. The molecule has 0 aliphatic heterocycles. The molecule has 2 rings (SSSR count). The minimum Gasteiger partial charge on any atom is -0.355 e. The van der Waals surface area contributed by atoms with Gasteiger partial charge in [-0.15, -0.1) is 0 Å². The van der Waals surface area contributed by atoms with E-state index in [4.69, 9.17) is 0 Å². The highest BCUT2D eigenvalue weighted by atomic mass is 79.9. The summed E-state index contributed by atoms with van der Waals surface area (Å²) >= 11 is 6.64. The van der Waals surface area contributed by atoms with Gasteiger partial charge in [-0.1, -0.05) is 34.1 Å². The molecule has 0 unspecified atom stereocenters. The first-order valence-corrected chi connectivity index (χ1v) is 7.21. The van der Waals surface area contributed by atoms with Gasteiger partial charge in [0.25, 0.3) is 0 Å². The molecule has 1 amide bonds. The molecule has 0 radical (unpaired) electrons. The van der Waals surface area contributed by atoms with E-state index in [-0.39, 0.29) is 5.91 Å². The third-order valence-electron chi connectivity index (χ3n) is 2.58. The van der Waals surface area contributed by atoms with Gasteiger partial charge in [0.15, 0.2) is 0 Å². The normalized spacial score (nSPS) is 10.7. The minimum absolute atomic E-state index is 0.0148. The quantitative estimate of drug-likeness (QED) is 0.810. The highest BCUT2D eigenvalue weighted by Crippen LogP contribution is 2.26. The van der Waals surface area contributed by atoms with Crippen molar-refractivity contribution in [2.75, 3.05) is 11.9 Å². The second kappa shape index (κ2) is 5.69. The number of hydrogen-bond acceptors (Lipinski definition) is 1. The van der Waals surface area contributed by atoms with Gasteiger partial charge >= 0.3 is 0 Å². The van der Waals surface area contributed by atoms with Crippen LogP contribution in [0.25, 0.3) is 10.9 Å². The number of carbonyl (C=O) groups excluding carboxylic acids is 1. The summed E-state index contributed by atoms with van der Waals surface area (Å²) in [7, 11) is 0. The molecular weight excluding hydrogens is 348 g/mol. The Labute approximate surface area is 116 Å². The summed E-state index contributed by atoms with van der Waals surface area (Å²) in [6.07, 6.45) is 0.809. The molecule has 1 heterocycles. The highest BCUT2D eigenvalue weighted by molar-refractivity contribution is 9.10. The molecule has 3 nitrogen and oxygen atoms in total. The first-order chi connectivity index (χ1) is 8.22. The van der Waals surface area contributed by atoms with Crippen molar-refractivity contribution < 1.29 is 4.79 Å². The largest absolute Gasteiger partial charge is 0.355 e. The Bertz CT molecular complexity index is 536. The van der Waals surface area contributed by atoms with E-state index in [9.17, 15) is 4.79 Å². The van der Waals surface area contributed by atoms with E-state index in [1.54, 1.807) is 0 Å². The first-order valence-electron chi connectivity index (χ1n) is 5.30. The fourth-order valence-corrected chi connectivity index (χ4v) is 2.61. The molecule has 0 bridgehead atoms. The number of fused-ring (bicyclic) bond motifs is 1. The van der Waals surface area contributed by atoms with Crippen molar-refractivity contribution in [1.29, 1.82) is 0 Å². The molecule has 0 fully saturated rings. The van der Waals surface area contributed by atoms with Crippen LogP contribution in [0.3, 0.4) is 0 Å². The molecule has 1 aromatic heterocycles. The average Bonchev–Trinajstić information content (AvgIpc) is 2.66. The van der Waals surface area contributed by atoms with E-state index in [2.05, 4.69) is 48.2 Å².